The molecule has 1 aromatic rings. The van der Waals surface area contributed by atoms with Crippen LogP contribution in [0, 0.1) is 0 Å². The molecule has 0 aromatic carbocycles. The van der Waals surface area contributed by atoms with Gasteiger partial charge in [0.25, 0.3) is 0 Å². The first kappa shape index (κ1) is 9.00. The lowest BCUT2D eigenvalue weighted by Gasteiger charge is -2.24. The molecule has 1 atom stereocenters. The highest BCUT2D eigenvalue weighted by Crippen LogP contribution is 2.31. The van der Waals surface area contributed by atoms with Crippen molar-refractivity contribution in [2.24, 2.45) is 4.99 Å². The average molecular weight is 186 g/mol. The van der Waals surface area contributed by atoms with Gasteiger partial charge < -0.3 is 4.57 Å². The summed E-state index contributed by atoms with van der Waals surface area (Å²) in [4.78, 5) is 4.48. The van der Waals surface area contributed by atoms with Crippen molar-refractivity contribution in [2.75, 3.05) is 0 Å². The smallest absolute Gasteiger partial charge is 0.133 e. The standard InChI is InChI=1S/C12H14N2/c1-4-10-8-11(9(2)3)14-7-5-6-12(14)13-10/h4-7,11H,1-2,8H2,3H3. The zero-order valence-corrected chi connectivity index (χ0v) is 8.40. The summed E-state index contributed by atoms with van der Waals surface area (Å²) < 4.78 is 2.16. The topological polar surface area (TPSA) is 17.3 Å². The molecule has 0 radical (unpaired) electrons. The minimum atomic E-state index is 0.338. The van der Waals surface area contributed by atoms with E-state index >= 15 is 0 Å². The van der Waals surface area contributed by atoms with Gasteiger partial charge in [0.1, 0.15) is 5.82 Å². The predicted molar refractivity (Wildman–Crippen MR) is 60.2 cm³/mol. The molecule has 2 nitrogen and oxygen atoms in total. The molecule has 2 heterocycles. The Hall–Kier alpha value is -1.57. The Balaban J connectivity index is 2.48. The van der Waals surface area contributed by atoms with Crippen molar-refractivity contribution in [1.29, 1.82) is 0 Å². The van der Waals surface area contributed by atoms with E-state index in [9.17, 15) is 0 Å². The molecule has 1 aliphatic heterocycles. The Bertz CT molecular complexity index is 410. The third-order valence-corrected chi connectivity index (χ3v) is 2.56. The highest BCUT2D eigenvalue weighted by molar-refractivity contribution is 5.97. The second-order valence-electron chi connectivity index (χ2n) is 3.65. The van der Waals surface area contributed by atoms with E-state index in [1.54, 1.807) is 0 Å². The molecule has 1 aliphatic rings. The van der Waals surface area contributed by atoms with Crippen molar-refractivity contribution in [2.45, 2.75) is 19.4 Å². The van der Waals surface area contributed by atoms with E-state index in [0.29, 0.717) is 6.04 Å². The van der Waals surface area contributed by atoms with Crippen LogP contribution >= 0.6 is 0 Å². The van der Waals surface area contributed by atoms with Crippen molar-refractivity contribution >= 4 is 11.5 Å². The van der Waals surface area contributed by atoms with Gasteiger partial charge in [-0.3, -0.25) is 0 Å². The normalized spacial score (nSPS) is 19.8. The fraction of sp³-hybridized carbons (Fsp3) is 0.250. The van der Waals surface area contributed by atoms with Crippen LogP contribution in [0.25, 0.3) is 0 Å². The first-order valence-corrected chi connectivity index (χ1v) is 4.74. The van der Waals surface area contributed by atoms with E-state index in [4.69, 9.17) is 0 Å². The molecule has 0 bridgehead atoms. The molecule has 0 spiro atoms. The predicted octanol–water partition coefficient (Wildman–Crippen LogP) is 3.27. The fourth-order valence-corrected chi connectivity index (χ4v) is 1.77. The van der Waals surface area contributed by atoms with Gasteiger partial charge in [-0.05, 0) is 25.1 Å². The molecular formula is C12H14N2. The number of hydrogen-bond acceptors (Lipinski definition) is 1. The summed E-state index contributed by atoms with van der Waals surface area (Å²) in [5.41, 5.74) is 2.21. The SMILES string of the molecule is C=CC1=Nc2cccn2C(C(=C)C)C1. The largest absolute Gasteiger partial charge is 0.325 e. The lowest BCUT2D eigenvalue weighted by atomic mass is 10.0. The maximum atomic E-state index is 4.48. The Morgan fingerprint density at radius 3 is 3.14 bits per heavy atom. The number of fused-ring (bicyclic) bond motifs is 1. The van der Waals surface area contributed by atoms with Crippen molar-refractivity contribution in [1.82, 2.24) is 4.57 Å². The van der Waals surface area contributed by atoms with Crippen LogP contribution in [0.2, 0.25) is 0 Å². The second-order valence-corrected chi connectivity index (χ2v) is 3.65. The molecule has 1 aromatic heterocycles. The molecule has 0 N–H and O–H groups in total. The lowest BCUT2D eigenvalue weighted by molar-refractivity contribution is 0.590. The zero-order valence-electron chi connectivity index (χ0n) is 8.40. The molecule has 72 valence electrons. The molecule has 0 aliphatic carbocycles. The summed E-state index contributed by atoms with van der Waals surface area (Å²) in [5.74, 6) is 0.999. The molecule has 0 fully saturated rings. The van der Waals surface area contributed by atoms with Crippen LogP contribution in [-0.4, -0.2) is 10.3 Å². The Labute approximate surface area is 84.3 Å². The van der Waals surface area contributed by atoms with Crippen LogP contribution in [-0.2, 0) is 0 Å². The van der Waals surface area contributed by atoms with Gasteiger partial charge in [0.15, 0.2) is 0 Å². The van der Waals surface area contributed by atoms with Gasteiger partial charge in [-0.25, -0.2) is 4.99 Å². The Morgan fingerprint density at radius 1 is 1.71 bits per heavy atom. The van der Waals surface area contributed by atoms with Gasteiger partial charge in [-0.15, -0.1) is 0 Å². The van der Waals surface area contributed by atoms with E-state index in [2.05, 4.69) is 35.8 Å². The molecule has 1 unspecified atom stereocenters. The first-order chi connectivity index (χ1) is 6.72. The van der Waals surface area contributed by atoms with Gasteiger partial charge in [0.05, 0.1) is 6.04 Å². The number of nitrogens with zero attached hydrogens (tertiary/aromatic N) is 2. The van der Waals surface area contributed by atoms with E-state index in [1.165, 1.54) is 0 Å². The zero-order chi connectivity index (χ0) is 10.1. The van der Waals surface area contributed by atoms with Crippen LogP contribution in [0.1, 0.15) is 19.4 Å². The highest BCUT2D eigenvalue weighted by atomic mass is 15.1. The minimum Gasteiger partial charge on any atom is -0.325 e. The number of aromatic nitrogens is 1. The summed E-state index contributed by atoms with van der Waals surface area (Å²) in [6.07, 6.45) is 4.78. The van der Waals surface area contributed by atoms with Gasteiger partial charge in [0.2, 0.25) is 0 Å². The maximum absolute atomic E-state index is 4.48. The molecule has 14 heavy (non-hydrogen) atoms. The van der Waals surface area contributed by atoms with E-state index < -0.39 is 0 Å². The van der Waals surface area contributed by atoms with Crippen LogP contribution in [0.3, 0.4) is 0 Å². The Kier molecular flexibility index (Phi) is 2.12. The van der Waals surface area contributed by atoms with E-state index in [1.807, 2.05) is 18.2 Å². The number of aliphatic imine (C=N–C) groups is 1. The molecule has 2 rings (SSSR count). The monoisotopic (exact) mass is 186 g/mol. The Morgan fingerprint density at radius 2 is 2.50 bits per heavy atom. The second kappa shape index (κ2) is 3.29. The van der Waals surface area contributed by atoms with Crippen molar-refractivity contribution < 1.29 is 0 Å². The average Bonchev–Trinajstić information content (AvgIpc) is 2.63. The van der Waals surface area contributed by atoms with Crippen LogP contribution in [0.5, 0.6) is 0 Å². The third kappa shape index (κ3) is 1.33. The molecule has 0 saturated heterocycles. The summed E-state index contributed by atoms with van der Waals surface area (Å²) >= 11 is 0. The van der Waals surface area contributed by atoms with Crippen molar-refractivity contribution in [3.05, 3.63) is 43.1 Å². The third-order valence-electron chi connectivity index (χ3n) is 2.56. The maximum Gasteiger partial charge on any atom is 0.133 e. The van der Waals surface area contributed by atoms with Crippen LogP contribution in [0.15, 0.2) is 48.1 Å². The van der Waals surface area contributed by atoms with Gasteiger partial charge in [-0.2, -0.15) is 0 Å². The van der Waals surface area contributed by atoms with Crippen molar-refractivity contribution in [3.8, 4) is 0 Å². The number of allylic oxidation sites excluding steroid dienone is 2. The molecule has 0 amide bonds. The summed E-state index contributed by atoms with van der Waals surface area (Å²) in [6.45, 7) is 9.84. The highest BCUT2D eigenvalue weighted by Gasteiger charge is 2.20. The number of hydrogen-bond donors (Lipinski definition) is 0. The molecule has 0 saturated carbocycles. The summed E-state index contributed by atoms with van der Waals surface area (Å²) in [6, 6.07) is 4.37. The minimum absolute atomic E-state index is 0.338. The quantitative estimate of drug-likeness (QED) is 0.631. The van der Waals surface area contributed by atoms with Crippen LogP contribution < -0.4 is 0 Å². The van der Waals surface area contributed by atoms with E-state index in [0.717, 1.165) is 23.5 Å². The number of rotatable bonds is 2. The van der Waals surface area contributed by atoms with Crippen molar-refractivity contribution in [3.63, 3.8) is 0 Å². The molecule has 2 heteroatoms. The fourth-order valence-electron chi connectivity index (χ4n) is 1.77. The first-order valence-electron chi connectivity index (χ1n) is 4.74. The van der Waals surface area contributed by atoms with Crippen LogP contribution in [0.4, 0.5) is 5.82 Å². The summed E-state index contributed by atoms with van der Waals surface area (Å²) in [5, 5.41) is 0. The van der Waals surface area contributed by atoms with Gasteiger partial charge >= 0.3 is 0 Å². The van der Waals surface area contributed by atoms with E-state index in [-0.39, 0.29) is 0 Å². The van der Waals surface area contributed by atoms with Gasteiger partial charge in [-0.1, -0.05) is 18.7 Å². The molecular weight excluding hydrogens is 172 g/mol. The lowest BCUT2D eigenvalue weighted by Crippen LogP contribution is -2.16. The van der Waals surface area contributed by atoms with Gasteiger partial charge in [0, 0.05) is 18.3 Å². The summed E-state index contributed by atoms with van der Waals surface area (Å²) in [7, 11) is 0.